The van der Waals surface area contributed by atoms with Crippen LogP contribution in [-0.4, -0.2) is 13.8 Å². The van der Waals surface area contributed by atoms with E-state index in [4.69, 9.17) is 9.47 Å². The maximum Gasteiger partial charge on any atom is 0.231 e. The van der Waals surface area contributed by atoms with Gasteiger partial charge in [-0.1, -0.05) is 12.1 Å². The zero-order valence-electron chi connectivity index (χ0n) is 10.8. The average Bonchev–Trinajstić information content (AvgIpc) is 2.91. The van der Waals surface area contributed by atoms with E-state index < -0.39 is 11.6 Å². The van der Waals surface area contributed by atoms with Crippen LogP contribution >= 0.6 is 0 Å². The molecule has 1 atom stereocenters. The molecule has 5 heteroatoms. The van der Waals surface area contributed by atoms with Crippen LogP contribution in [0.4, 0.5) is 8.78 Å². The standard InChI is InChI=1S/C15H13F2NO2/c1-18-15(9-2-4-11(16)12(17)6-9)10-3-5-13-14(7-10)20-8-19-13/h2-7,15,18H,8H2,1H3. The van der Waals surface area contributed by atoms with E-state index in [2.05, 4.69) is 5.32 Å². The van der Waals surface area contributed by atoms with Crippen molar-refractivity contribution in [3.8, 4) is 11.5 Å². The first-order valence-electron chi connectivity index (χ1n) is 6.21. The quantitative estimate of drug-likeness (QED) is 0.935. The Morgan fingerprint density at radius 2 is 1.65 bits per heavy atom. The van der Waals surface area contributed by atoms with Gasteiger partial charge in [0.25, 0.3) is 0 Å². The molecule has 0 aliphatic carbocycles. The smallest absolute Gasteiger partial charge is 0.231 e. The van der Waals surface area contributed by atoms with Crippen molar-refractivity contribution >= 4 is 0 Å². The van der Waals surface area contributed by atoms with E-state index >= 15 is 0 Å². The molecule has 3 nitrogen and oxygen atoms in total. The molecular formula is C15H13F2NO2. The third-order valence-corrected chi connectivity index (χ3v) is 3.30. The highest BCUT2D eigenvalue weighted by molar-refractivity contribution is 5.47. The largest absolute Gasteiger partial charge is 0.454 e. The lowest BCUT2D eigenvalue weighted by Gasteiger charge is -2.17. The number of rotatable bonds is 3. The number of ether oxygens (including phenoxy) is 2. The van der Waals surface area contributed by atoms with E-state index in [9.17, 15) is 8.78 Å². The molecule has 3 rings (SSSR count). The fourth-order valence-electron chi connectivity index (χ4n) is 2.31. The zero-order chi connectivity index (χ0) is 14.1. The topological polar surface area (TPSA) is 30.5 Å². The maximum absolute atomic E-state index is 13.4. The summed E-state index contributed by atoms with van der Waals surface area (Å²) in [4.78, 5) is 0. The lowest BCUT2D eigenvalue weighted by Crippen LogP contribution is -2.17. The summed E-state index contributed by atoms with van der Waals surface area (Å²) in [7, 11) is 1.76. The number of nitrogens with one attached hydrogen (secondary N) is 1. The fourth-order valence-corrected chi connectivity index (χ4v) is 2.31. The Morgan fingerprint density at radius 3 is 2.40 bits per heavy atom. The van der Waals surface area contributed by atoms with Crippen LogP contribution in [0.1, 0.15) is 17.2 Å². The second kappa shape index (κ2) is 5.09. The van der Waals surface area contributed by atoms with Crippen molar-refractivity contribution in [3.63, 3.8) is 0 Å². The number of halogens is 2. The lowest BCUT2D eigenvalue weighted by atomic mass is 9.98. The summed E-state index contributed by atoms with van der Waals surface area (Å²) in [5.41, 5.74) is 1.54. The van der Waals surface area contributed by atoms with E-state index in [-0.39, 0.29) is 12.8 Å². The Hall–Kier alpha value is -2.14. The molecule has 0 saturated carbocycles. The average molecular weight is 277 g/mol. The van der Waals surface area contributed by atoms with Crippen molar-refractivity contribution < 1.29 is 18.3 Å². The normalized spacial score (nSPS) is 14.3. The predicted molar refractivity (Wildman–Crippen MR) is 69.8 cm³/mol. The number of benzene rings is 2. The molecule has 1 heterocycles. The van der Waals surface area contributed by atoms with Gasteiger partial charge in [0.1, 0.15) is 0 Å². The van der Waals surface area contributed by atoms with Crippen LogP contribution in [0.25, 0.3) is 0 Å². The summed E-state index contributed by atoms with van der Waals surface area (Å²) in [6, 6.07) is 9.15. The lowest BCUT2D eigenvalue weighted by molar-refractivity contribution is 0.174. The Balaban J connectivity index is 1.98. The molecule has 104 valence electrons. The van der Waals surface area contributed by atoms with E-state index in [0.717, 1.165) is 11.6 Å². The van der Waals surface area contributed by atoms with E-state index in [1.807, 2.05) is 18.2 Å². The number of fused-ring (bicyclic) bond motifs is 1. The van der Waals surface area contributed by atoms with E-state index in [0.29, 0.717) is 17.1 Å². The van der Waals surface area contributed by atoms with Crippen molar-refractivity contribution in [2.24, 2.45) is 0 Å². The molecule has 0 spiro atoms. The molecule has 2 aromatic rings. The first kappa shape index (κ1) is 12.9. The molecule has 1 unspecified atom stereocenters. The van der Waals surface area contributed by atoms with Crippen LogP contribution < -0.4 is 14.8 Å². The van der Waals surface area contributed by atoms with Gasteiger partial charge >= 0.3 is 0 Å². The monoisotopic (exact) mass is 277 g/mol. The van der Waals surface area contributed by atoms with Crippen molar-refractivity contribution in [1.82, 2.24) is 5.32 Å². The first-order chi connectivity index (χ1) is 9.69. The molecular weight excluding hydrogens is 264 g/mol. The Morgan fingerprint density at radius 1 is 0.950 bits per heavy atom. The summed E-state index contributed by atoms with van der Waals surface area (Å²) >= 11 is 0. The van der Waals surface area contributed by atoms with Crippen molar-refractivity contribution in [1.29, 1.82) is 0 Å². The van der Waals surface area contributed by atoms with Gasteiger partial charge in [-0.3, -0.25) is 0 Å². The highest BCUT2D eigenvalue weighted by Crippen LogP contribution is 2.35. The molecule has 0 radical (unpaired) electrons. The van der Waals surface area contributed by atoms with Crippen molar-refractivity contribution in [2.75, 3.05) is 13.8 Å². The van der Waals surface area contributed by atoms with E-state index in [1.165, 1.54) is 6.07 Å². The second-order valence-corrected chi connectivity index (χ2v) is 4.51. The molecule has 20 heavy (non-hydrogen) atoms. The number of hydrogen-bond acceptors (Lipinski definition) is 3. The fraction of sp³-hybridized carbons (Fsp3) is 0.200. The SMILES string of the molecule is CNC(c1ccc(F)c(F)c1)c1ccc2c(c1)OCO2. The highest BCUT2D eigenvalue weighted by Gasteiger charge is 2.19. The summed E-state index contributed by atoms with van der Waals surface area (Å²) < 4.78 is 37.0. The number of hydrogen-bond donors (Lipinski definition) is 1. The van der Waals surface area contributed by atoms with Crippen LogP contribution in [-0.2, 0) is 0 Å². The minimum absolute atomic E-state index is 0.203. The van der Waals surface area contributed by atoms with Gasteiger partial charge in [0.15, 0.2) is 23.1 Å². The zero-order valence-corrected chi connectivity index (χ0v) is 10.8. The van der Waals surface area contributed by atoms with Crippen molar-refractivity contribution in [2.45, 2.75) is 6.04 Å². The van der Waals surface area contributed by atoms with Crippen LogP contribution in [0.2, 0.25) is 0 Å². The van der Waals surface area contributed by atoms with E-state index in [1.54, 1.807) is 13.1 Å². The maximum atomic E-state index is 13.4. The van der Waals surface area contributed by atoms with Gasteiger partial charge in [-0.05, 0) is 42.4 Å². The second-order valence-electron chi connectivity index (χ2n) is 4.51. The predicted octanol–water partition coefficient (Wildman–Crippen LogP) is 3.00. The van der Waals surface area contributed by atoms with Gasteiger partial charge in [-0.25, -0.2) is 8.78 Å². The summed E-state index contributed by atoms with van der Waals surface area (Å²) in [5, 5.41) is 3.09. The summed E-state index contributed by atoms with van der Waals surface area (Å²) in [6.07, 6.45) is 0. The molecule has 2 aromatic carbocycles. The van der Waals surface area contributed by atoms with Crippen molar-refractivity contribution in [3.05, 3.63) is 59.2 Å². The van der Waals surface area contributed by atoms with Gasteiger partial charge in [0.2, 0.25) is 6.79 Å². The Kier molecular flexibility index (Phi) is 3.28. The minimum Gasteiger partial charge on any atom is -0.454 e. The van der Waals surface area contributed by atoms with Crippen LogP contribution in [0.5, 0.6) is 11.5 Å². The first-order valence-corrected chi connectivity index (χ1v) is 6.21. The molecule has 0 amide bonds. The molecule has 0 bridgehead atoms. The molecule has 1 aliphatic heterocycles. The van der Waals surface area contributed by atoms with Gasteiger partial charge in [-0.15, -0.1) is 0 Å². The van der Waals surface area contributed by atoms with Crippen LogP contribution in [0.3, 0.4) is 0 Å². The highest BCUT2D eigenvalue weighted by atomic mass is 19.2. The Bertz CT molecular complexity index is 646. The third-order valence-electron chi connectivity index (χ3n) is 3.30. The molecule has 0 saturated heterocycles. The van der Waals surface area contributed by atoms with Gasteiger partial charge in [-0.2, -0.15) is 0 Å². The van der Waals surface area contributed by atoms with Gasteiger partial charge < -0.3 is 14.8 Å². The molecule has 0 aromatic heterocycles. The summed E-state index contributed by atoms with van der Waals surface area (Å²) in [5.74, 6) is -0.364. The Labute approximate surface area is 115 Å². The summed E-state index contributed by atoms with van der Waals surface area (Å²) in [6.45, 7) is 0.203. The minimum atomic E-state index is -0.858. The van der Waals surface area contributed by atoms with Gasteiger partial charge in [0, 0.05) is 0 Å². The molecule has 1 N–H and O–H groups in total. The molecule has 0 fully saturated rings. The van der Waals surface area contributed by atoms with Gasteiger partial charge in [0.05, 0.1) is 6.04 Å². The van der Waals surface area contributed by atoms with Crippen LogP contribution in [0, 0.1) is 11.6 Å². The molecule has 1 aliphatic rings. The third kappa shape index (κ3) is 2.20. The van der Waals surface area contributed by atoms with Crippen LogP contribution in [0.15, 0.2) is 36.4 Å².